The van der Waals surface area contributed by atoms with Crippen molar-refractivity contribution >= 4 is 17.8 Å². The second kappa shape index (κ2) is 11.9. The molecule has 2 heterocycles. The van der Waals surface area contributed by atoms with E-state index in [2.05, 4.69) is 6.07 Å². The molecule has 2 aliphatic heterocycles. The number of aryl methyl sites for hydroxylation is 1. The number of imide groups is 1. The molecular formula is C31H39N3O5. The van der Waals surface area contributed by atoms with E-state index in [0.717, 1.165) is 42.6 Å². The smallest absolute Gasteiger partial charge is 0.327 e. The van der Waals surface area contributed by atoms with Gasteiger partial charge in [-0.25, -0.2) is 4.79 Å². The SMILES string of the molecule is COC1CC2C(=O)N(Cc3ccc(C(=O)N4CCCCC4)cc3)C(=O)N(Cc3cccc(C)c3)C2CC1OC. The summed E-state index contributed by atoms with van der Waals surface area (Å²) in [5.41, 5.74) is 3.60. The standard InChI is InChI=1S/C31H39N3O5/c1-21-8-7-9-23(16-21)20-33-26-18-28(39-3)27(38-2)17-25(26)30(36)34(31(33)37)19-22-10-12-24(13-11-22)29(35)32-14-5-4-6-15-32/h7-13,16,25-28H,4-6,14-15,17-20H2,1-3H3. The molecule has 8 heteroatoms. The molecule has 0 aromatic heterocycles. The Labute approximate surface area is 230 Å². The molecule has 8 nitrogen and oxygen atoms in total. The average molecular weight is 534 g/mol. The molecule has 2 aromatic carbocycles. The molecule has 4 atom stereocenters. The predicted molar refractivity (Wildman–Crippen MR) is 147 cm³/mol. The van der Waals surface area contributed by atoms with Gasteiger partial charge in [0, 0.05) is 45.5 Å². The predicted octanol–water partition coefficient (Wildman–Crippen LogP) is 4.39. The summed E-state index contributed by atoms with van der Waals surface area (Å²) >= 11 is 0. The van der Waals surface area contributed by atoms with Crippen molar-refractivity contribution in [2.75, 3.05) is 27.3 Å². The first kappa shape index (κ1) is 27.3. The lowest BCUT2D eigenvalue weighted by Crippen LogP contribution is -2.64. The van der Waals surface area contributed by atoms with E-state index < -0.39 is 0 Å². The summed E-state index contributed by atoms with van der Waals surface area (Å²) in [5.74, 6) is -0.501. The van der Waals surface area contributed by atoms with Crippen LogP contribution in [0.2, 0.25) is 0 Å². The number of ether oxygens (including phenoxy) is 2. The minimum Gasteiger partial charge on any atom is -0.379 e. The lowest BCUT2D eigenvalue weighted by Gasteiger charge is -2.50. The molecule has 0 bridgehead atoms. The Kier molecular flexibility index (Phi) is 8.33. The van der Waals surface area contributed by atoms with Crippen molar-refractivity contribution in [2.45, 2.75) is 70.4 Å². The number of rotatable bonds is 7. The molecular weight excluding hydrogens is 494 g/mol. The van der Waals surface area contributed by atoms with Gasteiger partial charge in [-0.2, -0.15) is 0 Å². The summed E-state index contributed by atoms with van der Waals surface area (Å²) in [5, 5.41) is 0. The Balaban J connectivity index is 1.38. The molecule has 208 valence electrons. The van der Waals surface area contributed by atoms with Gasteiger partial charge >= 0.3 is 6.03 Å². The van der Waals surface area contributed by atoms with Crippen LogP contribution in [0.15, 0.2) is 48.5 Å². The highest BCUT2D eigenvalue weighted by Gasteiger charge is 2.51. The zero-order chi connectivity index (χ0) is 27.5. The van der Waals surface area contributed by atoms with Crippen LogP contribution in [0.4, 0.5) is 4.79 Å². The number of hydrogen-bond acceptors (Lipinski definition) is 5. The van der Waals surface area contributed by atoms with Gasteiger partial charge in [-0.05, 0) is 62.3 Å². The number of piperidine rings is 1. The highest BCUT2D eigenvalue weighted by atomic mass is 16.5. The number of nitrogens with zero attached hydrogens (tertiary/aromatic N) is 3. The summed E-state index contributed by atoms with van der Waals surface area (Å²) in [6.07, 6.45) is 3.89. The molecule has 4 amide bonds. The first-order valence-electron chi connectivity index (χ1n) is 14.0. The number of carbonyl (C=O) groups excluding carboxylic acids is 3. The maximum Gasteiger partial charge on any atom is 0.327 e. The van der Waals surface area contributed by atoms with E-state index in [1.54, 1.807) is 14.2 Å². The van der Waals surface area contributed by atoms with Crippen LogP contribution in [-0.2, 0) is 27.4 Å². The van der Waals surface area contributed by atoms with Gasteiger partial charge in [-0.1, -0.05) is 42.0 Å². The van der Waals surface area contributed by atoms with Gasteiger partial charge in [-0.15, -0.1) is 0 Å². The number of amides is 4. The van der Waals surface area contributed by atoms with Crippen LogP contribution in [0, 0.1) is 12.8 Å². The third-order valence-corrected chi connectivity index (χ3v) is 8.53. The molecule has 0 radical (unpaired) electrons. The van der Waals surface area contributed by atoms with Crippen LogP contribution in [0.3, 0.4) is 0 Å². The average Bonchev–Trinajstić information content (AvgIpc) is 2.97. The Hall–Kier alpha value is -3.23. The number of methoxy groups -OCH3 is 2. The summed E-state index contributed by atoms with van der Waals surface area (Å²) < 4.78 is 11.4. The normalized spacial score (nSPS) is 25.6. The van der Waals surface area contributed by atoms with Crippen LogP contribution in [0.25, 0.3) is 0 Å². The van der Waals surface area contributed by atoms with Crippen LogP contribution < -0.4 is 0 Å². The minimum absolute atomic E-state index is 0.0408. The molecule has 2 aromatic rings. The molecule has 3 fully saturated rings. The summed E-state index contributed by atoms with van der Waals surface area (Å²) in [6.45, 7) is 4.20. The fraction of sp³-hybridized carbons (Fsp3) is 0.516. The largest absolute Gasteiger partial charge is 0.379 e. The van der Waals surface area contributed by atoms with Gasteiger partial charge in [0.2, 0.25) is 5.91 Å². The molecule has 4 unspecified atom stereocenters. The number of likely N-dealkylation sites (tertiary alicyclic amines) is 1. The maximum atomic E-state index is 13.9. The fourth-order valence-electron chi connectivity index (χ4n) is 6.36. The molecule has 0 spiro atoms. The van der Waals surface area contributed by atoms with Crippen LogP contribution in [-0.4, -0.2) is 78.1 Å². The number of fused-ring (bicyclic) bond motifs is 1. The Morgan fingerprint density at radius 2 is 1.56 bits per heavy atom. The van der Waals surface area contributed by atoms with Crippen molar-refractivity contribution in [3.05, 3.63) is 70.8 Å². The van der Waals surface area contributed by atoms with Gasteiger partial charge in [0.25, 0.3) is 5.91 Å². The van der Waals surface area contributed by atoms with Crippen molar-refractivity contribution in [1.82, 2.24) is 14.7 Å². The Morgan fingerprint density at radius 1 is 0.872 bits per heavy atom. The van der Waals surface area contributed by atoms with E-state index in [1.807, 2.05) is 59.2 Å². The number of urea groups is 1. The van der Waals surface area contributed by atoms with Crippen LogP contribution >= 0.6 is 0 Å². The highest BCUT2D eigenvalue weighted by Crippen LogP contribution is 2.38. The third kappa shape index (κ3) is 5.72. The highest BCUT2D eigenvalue weighted by molar-refractivity contribution is 5.99. The number of hydrogen-bond donors (Lipinski definition) is 0. The van der Waals surface area contributed by atoms with Crippen molar-refractivity contribution in [3.8, 4) is 0 Å². The first-order valence-corrected chi connectivity index (χ1v) is 14.0. The van der Waals surface area contributed by atoms with Crippen molar-refractivity contribution < 1.29 is 23.9 Å². The molecule has 1 aliphatic carbocycles. The van der Waals surface area contributed by atoms with Crippen LogP contribution in [0.5, 0.6) is 0 Å². The fourth-order valence-corrected chi connectivity index (χ4v) is 6.36. The first-order chi connectivity index (χ1) is 18.9. The number of benzene rings is 2. The van der Waals surface area contributed by atoms with Gasteiger partial charge < -0.3 is 19.3 Å². The van der Waals surface area contributed by atoms with Crippen molar-refractivity contribution in [1.29, 1.82) is 0 Å². The maximum absolute atomic E-state index is 13.9. The van der Waals surface area contributed by atoms with Gasteiger partial charge in [-0.3, -0.25) is 14.5 Å². The second-order valence-corrected chi connectivity index (χ2v) is 11.1. The Morgan fingerprint density at radius 3 is 2.23 bits per heavy atom. The third-order valence-electron chi connectivity index (χ3n) is 8.53. The number of carbonyl (C=O) groups is 3. The zero-order valence-electron chi connectivity index (χ0n) is 23.2. The molecule has 5 rings (SSSR count). The van der Waals surface area contributed by atoms with Crippen molar-refractivity contribution in [3.63, 3.8) is 0 Å². The van der Waals surface area contributed by atoms with Crippen LogP contribution in [0.1, 0.15) is 59.2 Å². The molecule has 3 aliphatic rings. The molecule has 0 N–H and O–H groups in total. The lowest BCUT2D eigenvalue weighted by atomic mass is 9.77. The zero-order valence-corrected chi connectivity index (χ0v) is 23.2. The summed E-state index contributed by atoms with van der Waals surface area (Å²) in [6, 6.07) is 14.9. The van der Waals surface area contributed by atoms with Gasteiger partial charge in [0.1, 0.15) is 0 Å². The van der Waals surface area contributed by atoms with Gasteiger partial charge in [0.05, 0.1) is 24.7 Å². The van der Waals surface area contributed by atoms with E-state index in [9.17, 15) is 14.4 Å². The van der Waals surface area contributed by atoms with E-state index in [0.29, 0.717) is 24.9 Å². The lowest BCUT2D eigenvalue weighted by molar-refractivity contribution is -0.152. The van der Waals surface area contributed by atoms with E-state index in [-0.39, 0.29) is 48.6 Å². The quantitative estimate of drug-likeness (QED) is 0.527. The summed E-state index contributed by atoms with van der Waals surface area (Å²) in [7, 11) is 3.30. The molecule has 39 heavy (non-hydrogen) atoms. The van der Waals surface area contributed by atoms with E-state index in [4.69, 9.17) is 9.47 Å². The second-order valence-electron chi connectivity index (χ2n) is 11.1. The minimum atomic E-state index is -0.371. The van der Waals surface area contributed by atoms with Gasteiger partial charge in [0.15, 0.2) is 0 Å². The van der Waals surface area contributed by atoms with E-state index >= 15 is 0 Å². The monoisotopic (exact) mass is 533 g/mol. The molecule has 2 saturated heterocycles. The topological polar surface area (TPSA) is 79.4 Å². The van der Waals surface area contributed by atoms with E-state index in [1.165, 1.54) is 11.3 Å². The Bertz CT molecular complexity index is 1190. The van der Waals surface area contributed by atoms with Crippen molar-refractivity contribution in [2.24, 2.45) is 5.92 Å². The summed E-state index contributed by atoms with van der Waals surface area (Å²) in [4.78, 5) is 45.7. The molecule has 1 saturated carbocycles.